The lowest BCUT2D eigenvalue weighted by molar-refractivity contribution is -0.465. The molecular formula is C57H106N4O7. The van der Waals surface area contributed by atoms with Gasteiger partial charge in [-0.15, -0.1) is 0 Å². The molecule has 0 aromatic heterocycles. The van der Waals surface area contributed by atoms with Crippen molar-refractivity contribution in [2.45, 2.75) is 290 Å². The van der Waals surface area contributed by atoms with Gasteiger partial charge in [0.1, 0.15) is 12.7 Å². The van der Waals surface area contributed by atoms with Crippen LogP contribution in [-0.2, 0) is 23.9 Å². The summed E-state index contributed by atoms with van der Waals surface area (Å²) in [7, 11) is 0. The number of hydroxylamine groups is 3. The van der Waals surface area contributed by atoms with Gasteiger partial charge in [0.05, 0.1) is 18.5 Å². The fourth-order valence-corrected chi connectivity index (χ4v) is 9.32. The van der Waals surface area contributed by atoms with E-state index in [0.29, 0.717) is 25.3 Å². The van der Waals surface area contributed by atoms with E-state index in [1.165, 1.54) is 229 Å². The maximum atomic E-state index is 12.7. The summed E-state index contributed by atoms with van der Waals surface area (Å²) in [6.45, 7) is 7.61. The topological polar surface area (TPSA) is 124 Å². The van der Waals surface area contributed by atoms with E-state index in [1.807, 2.05) is 0 Å². The van der Waals surface area contributed by atoms with Gasteiger partial charge in [-0.1, -0.05) is 256 Å². The van der Waals surface area contributed by atoms with Crippen LogP contribution < -0.4 is 10.8 Å². The van der Waals surface area contributed by atoms with E-state index in [9.17, 15) is 14.9 Å². The third-order valence-electron chi connectivity index (χ3n) is 13.7. The highest BCUT2D eigenvalue weighted by Gasteiger charge is 2.37. The maximum absolute atomic E-state index is 12.7. The number of hydrogen-bond donors (Lipinski definition) is 2. The molecule has 0 amide bonds. The van der Waals surface area contributed by atoms with Crippen LogP contribution in [0, 0.1) is 10.1 Å². The Labute approximate surface area is 417 Å². The molecule has 2 aliphatic rings. The summed E-state index contributed by atoms with van der Waals surface area (Å²) >= 11 is 0. The zero-order valence-electron chi connectivity index (χ0n) is 44.3. The van der Waals surface area contributed by atoms with Crippen LogP contribution in [-0.4, -0.2) is 55.0 Å². The Balaban J connectivity index is 1.50. The molecule has 11 heteroatoms. The molecule has 1 atom stereocenters. The van der Waals surface area contributed by atoms with E-state index in [4.69, 9.17) is 19.1 Å². The molecular weight excluding hydrogens is 853 g/mol. The Morgan fingerprint density at radius 2 is 0.985 bits per heavy atom. The molecule has 2 heterocycles. The number of rotatable bonds is 53. The van der Waals surface area contributed by atoms with Gasteiger partial charge in [0.2, 0.25) is 5.70 Å². The van der Waals surface area contributed by atoms with Crippen LogP contribution >= 0.6 is 0 Å². The Bertz CT molecular complexity index is 1280. The minimum Gasteiger partial charge on any atom is -0.463 e. The molecule has 0 fully saturated rings. The Morgan fingerprint density at radius 1 is 0.574 bits per heavy atom. The molecule has 1 unspecified atom stereocenters. The lowest BCUT2D eigenvalue weighted by atomic mass is 10.0. The molecule has 0 bridgehead atoms. The SMILES string of the molecule is CCCCCCCCCCCCCCCCCCOCC(COC(=O)CCCCCCCCCCCNC1=CC=C([N+](=O)[O-])N2ONC=C12)OCCCCCCCCCCCCCCCCCC. The molecule has 0 aliphatic carbocycles. The first-order chi connectivity index (χ1) is 33.6. The highest BCUT2D eigenvalue weighted by Crippen LogP contribution is 2.27. The van der Waals surface area contributed by atoms with Gasteiger partial charge in [0.25, 0.3) is 0 Å². The molecule has 2 rings (SSSR count). The molecule has 0 spiro atoms. The molecule has 0 radical (unpaired) electrons. The Hall–Kier alpha value is -2.63. The predicted octanol–water partition coefficient (Wildman–Crippen LogP) is 16.6. The van der Waals surface area contributed by atoms with Crippen molar-refractivity contribution in [2.75, 3.05) is 33.0 Å². The fourth-order valence-electron chi connectivity index (χ4n) is 9.32. The standard InChI is InChI=1S/C57H106N4O7/c1-3-5-7-9-11-13-15-17-19-21-23-25-30-34-38-42-48-65-51-53(66-49-43-39-35-31-26-24-22-20-18-16-14-12-10-8-6-4-2)52-67-57(62)44-40-36-32-28-27-29-33-37-41-47-58-54-45-46-56(61(63)64)60-55(54)50-59-68-60/h45-46,50,53,58-59H,3-44,47-49,51-52H2,1-2H3. The number of allylic oxidation sites excluding steroid dienone is 2. The highest BCUT2D eigenvalue weighted by atomic mass is 16.8. The van der Waals surface area contributed by atoms with Gasteiger partial charge < -0.3 is 29.6 Å². The normalized spacial score (nSPS) is 13.8. The fraction of sp³-hybridized carbons (Fsp3) is 0.877. The molecule has 0 aromatic rings. The van der Waals surface area contributed by atoms with Crippen LogP contribution in [0.1, 0.15) is 284 Å². The lowest BCUT2D eigenvalue weighted by Crippen LogP contribution is -2.31. The van der Waals surface area contributed by atoms with Crippen molar-refractivity contribution >= 4 is 5.97 Å². The zero-order chi connectivity index (χ0) is 48.6. The van der Waals surface area contributed by atoms with Crippen LogP contribution in [0.5, 0.6) is 0 Å². The van der Waals surface area contributed by atoms with Crippen molar-refractivity contribution in [3.8, 4) is 0 Å². The van der Waals surface area contributed by atoms with Crippen LogP contribution in [0.25, 0.3) is 0 Å². The number of ether oxygens (including phenoxy) is 3. The Morgan fingerprint density at radius 3 is 1.44 bits per heavy atom. The second kappa shape index (κ2) is 46.7. The first-order valence-corrected chi connectivity index (χ1v) is 29.1. The number of hydrogen-bond acceptors (Lipinski definition) is 10. The Kier molecular flexibility index (Phi) is 42.3. The van der Waals surface area contributed by atoms with E-state index in [0.717, 1.165) is 63.8 Å². The summed E-state index contributed by atoms with van der Waals surface area (Å²) in [4.78, 5) is 28.6. The van der Waals surface area contributed by atoms with E-state index >= 15 is 0 Å². The van der Waals surface area contributed by atoms with Crippen molar-refractivity contribution in [1.29, 1.82) is 0 Å². The summed E-state index contributed by atoms with van der Waals surface area (Å²) in [6.07, 6.45) is 58.6. The second-order valence-corrected chi connectivity index (χ2v) is 20.1. The van der Waals surface area contributed by atoms with Gasteiger partial charge in [-0.3, -0.25) is 4.79 Å². The number of nitro groups is 1. The van der Waals surface area contributed by atoms with E-state index in [1.54, 1.807) is 12.3 Å². The third kappa shape index (κ3) is 35.5. The first-order valence-electron chi connectivity index (χ1n) is 29.1. The van der Waals surface area contributed by atoms with Crippen LogP contribution in [0.3, 0.4) is 0 Å². The van der Waals surface area contributed by atoms with E-state index in [-0.39, 0.29) is 24.5 Å². The summed E-state index contributed by atoms with van der Waals surface area (Å²) in [5, 5.41) is 15.8. The molecule has 0 saturated heterocycles. The third-order valence-corrected chi connectivity index (χ3v) is 13.7. The number of nitrogens with one attached hydrogen (secondary N) is 2. The van der Waals surface area contributed by atoms with Crippen LogP contribution in [0.2, 0.25) is 0 Å². The number of esters is 1. The van der Waals surface area contributed by atoms with Crippen LogP contribution in [0.4, 0.5) is 0 Å². The molecule has 396 valence electrons. The summed E-state index contributed by atoms with van der Waals surface area (Å²) < 4.78 is 18.1. The summed E-state index contributed by atoms with van der Waals surface area (Å²) in [6, 6.07) is 0. The molecule has 2 aliphatic heterocycles. The number of unbranched alkanes of at least 4 members (excludes halogenated alkanes) is 38. The number of carbonyl (C=O) groups excluding carboxylic acids is 1. The minimum atomic E-state index is -0.463. The first kappa shape index (κ1) is 61.5. The average Bonchev–Trinajstić information content (AvgIpc) is 3.84. The van der Waals surface area contributed by atoms with Gasteiger partial charge in [-0.2, -0.15) is 0 Å². The smallest absolute Gasteiger partial charge is 0.355 e. The molecule has 0 aromatic carbocycles. The molecule has 11 nitrogen and oxygen atoms in total. The lowest BCUT2D eigenvalue weighted by Gasteiger charge is -2.18. The number of carbonyl (C=O) groups is 1. The largest absolute Gasteiger partial charge is 0.463 e. The van der Waals surface area contributed by atoms with Gasteiger partial charge >= 0.3 is 11.8 Å². The van der Waals surface area contributed by atoms with E-state index in [2.05, 4.69) is 24.6 Å². The monoisotopic (exact) mass is 959 g/mol. The summed E-state index contributed by atoms with van der Waals surface area (Å²) in [5.74, 6) is -0.237. The van der Waals surface area contributed by atoms with Gasteiger partial charge in [0, 0.05) is 32.3 Å². The summed E-state index contributed by atoms with van der Waals surface area (Å²) in [5.41, 5.74) is 4.01. The van der Waals surface area contributed by atoms with Crippen molar-refractivity contribution in [3.05, 3.63) is 45.7 Å². The average molecular weight is 959 g/mol. The second-order valence-electron chi connectivity index (χ2n) is 20.1. The zero-order valence-corrected chi connectivity index (χ0v) is 44.3. The van der Waals surface area contributed by atoms with E-state index < -0.39 is 4.92 Å². The highest BCUT2D eigenvalue weighted by molar-refractivity contribution is 5.69. The molecule has 0 saturated carbocycles. The van der Waals surface area contributed by atoms with Crippen LogP contribution in [0.15, 0.2) is 35.6 Å². The van der Waals surface area contributed by atoms with Gasteiger partial charge in [-0.05, 0) is 41.7 Å². The van der Waals surface area contributed by atoms with Crippen molar-refractivity contribution in [3.63, 3.8) is 0 Å². The molecule has 2 N–H and O–H groups in total. The van der Waals surface area contributed by atoms with Crippen molar-refractivity contribution in [2.24, 2.45) is 0 Å². The quantitative estimate of drug-likeness (QED) is 0.0263. The van der Waals surface area contributed by atoms with Crippen molar-refractivity contribution in [1.82, 2.24) is 15.9 Å². The van der Waals surface area contributed by atoms with Gasteiger partial charge in [-0.25, -0.2) is 5.48 Å². The maximum Gasteiger partial charge on any atom is 0.355 e. The minimum absolute atomic E-state index is 0.118. The number of fused-ring (bicyclic) bond motifs is 1. The number of nitrogens with zero attached hydrogens (tertiary/aromatic N) is 2. The predicted molar refractivity (Wildman–Crippen MR) is 282 cm³/mol. The van der Waals surface area contributed by atoms with Gasteiger partial charge in [0.15, 0.2) is 0 Å². The van der Waals surface area contributed by atoms with Crippen molar-refractivity contribution < 1.29 is 28.9 Å². The molecule has 68 heavy (non-hydrogen) atoms.